The second-order valence-corrected chi connectivity index (χ2v) is 6.77. The third-order valence-corrected chi connectivity index (χ3v) is 3.96. The summed E-state index contributed by atoms with van der Waals surface area (Å²) in [6, 6.07) is 7.38. The third-order valence-electron chi connectivity index (χ3n) is 3.18. The number of fused-ring (bicyclic) bond motifs is 1. The van der Waals surface area contributed by atoms with Crippen LogP contribution in [-0.2, 0) is 27.7 Å². The Morgan fingerprint density at radius 3 is 2.26 bits per heavy atom. The molecule has 6 heteroatoms. The molecule has 1 aliphatic carbocycles. The summed E-state index contributed by atoms with van der Waals surface area (Å²) < 4.78 is 24.4. The zero-order valence-corrected chi connectivity index (χ0v) is 11.8. The van der Waals surface area contributed by atoms with Crippen LogP contribution in [-0.4, -0.2) is 32.7 Å². The van der Waals surface area contributed by atoms with E-state index in [1.807, 2.05) is 12.1 Å². The van der Waals surface area contributed by atoms with Crippen LogP contribution in [0.15, 0.2) is 24.3 Å². The zero-order valence-electron chi connectivity index (χ0n) is 11.0. The molecule has 2 N–H and O–H groups in total. The molecule has 0 bridgehead atoms. The van der Waals surface area contributed by atoms with Gasteiger partial charge in [-0.3, -0.25) is 4.79 Å². The molecule has 0 fully saturated rings. The smallest absolute Gasteiger partial charge is 0.238 e. The molecular formula is C13H18N2O3S. The molecule has 0 saturated carbocycles. The molecule has 0 spiro atoms. The maximum Gasteiger partial charge on any atom is 0.238 e. The van der Waals surface area contributed by atoms with E-state index in [2.05, 4.69) is 22.2 Å². The summed E-state index contributed by atoms with van der Waals surface area (Å²) in [7, 11) is -3.37. The Kier molecular flexibility index (Phi) is 3.91. The molecule has 0 radical (unpaired) electrons. The highest BCUT2D eigenvalue weighted by Crippen LogP contribution is 2.21. The number of rotatable bonds is 4. The lowest BCUT2D eigenvalue weighted by Crippen LogP contribution is -2.48. The van der Waals surface area contributed by atoms with Crippen molar-refractivity contribution in [3.05, 3.63) is 35.4 Å². The second-order valence-electron chi connectivity index (χ2n) is 4.99. The predicted molar refractivity (Wildman–Crippen MR) is 73.2 cm³/mol. The summed E-state index contributed by atoms with van der Waals surface area (Å²) in [5, 5.41) is 2.88. The van der Waals surface area contributed by atoms with Crippen molar-refractivity contribution in [2.45, 2.75) is 31.8 Å². The average Bonchev–Trinajstić information content (AvgIpc) is 2.68. The van der Waals surface area contributed by atoms with Gasteiger partial charge in [0.2, 0.25) is 15.9 Å². The van der Waals surface area contributed by atoms with Crippen molar-refractivity contribution in [3.63, 3.8) is 0 Å². The number of benzene rings is 1. The van der Waals surface area contributed by atoms with Gasteiger partial charge >= 0.3 is 0 Å². The van der Waals surface area contributed by atoms with Gasteiger partial charge in [0.15, 0.2) is 0 Å². The Balaban J connectivity index is 1.92. The van der Waals surface area contributed by atoms with Crippen molar-refractivity contribution in [2.24, 2.45) is 0 Å². The summed E-state index contributed by atoms with van der Waals surface area (Å²) in [5.74, 6) is -0.289. The molecule has 5 nitrogen and oxygen atoms in total. The summed E-state index contributed by atoms with van der Waals surface area (Å²) >= 11 is 0. The number of carbonyl (C=O) groups is 1. The molecule has 0 aliphatic heterocycles. The van der Waals surface area contributed by atoms with Crippen molar-refractivity contribution in [2.75, 3.05) is 6.26 Å². The predicted octanol–water partition coefficient (Wildman–Crippen LogP) is 0.208. The molecule has 1 aliphatic rings. The van der Waals surface area contributed by atoms with Crippen LogP contribution < -0.4 is 10.0 Å². The first-order chi connectivity index (χ1) is 8.85. The highest BCUT2D eigenvalue weighted by molar-refractivity contribution is 7.88. The van der Waals surface area contributed by atoms with Crippen LogP contribution in [0.3, 0.4) is 0 Å². The minimum absolute atomic E-state index is 0.0497. The Hall–Kier alpha value is -1.40. The maximum atomic E-state index is 11.9. The minimum Gasteiger partial charge on any atom is -0.351 e. The van der Waals surface area contributed by atoms with E-state index in [9.17, 15) is 13.2 Å². The summed E-state index contributed by atoms with van der Waals surface area (Å²) in [4.78, 5) is 11.9. The molecule has 1 amide bonds. The summed E-state index contributed by atoms with van der Waals surface area (Å²) in [5.41, 5.74) is 2.49. The lowest BCUT2D eigenvalue weighted by atomic mass is 10.1. The Morgan fingerprint density at radius 2 is 1.79 bits per heavy atom. The van der Waals surface area contributed by atoms with Gasteiger partial charge < -0.3 is 5.32 Å². The fourth-order valence-electron chi connectivity index (χ4n) is 2.36. The monoisotopic (exact) mass is 282 g/mol. The molecule has 2 rings (SSSR count). The Labute approximate surface area is 113 Å². The molecule has 104 valence electrons. The number of hydrogen-bond donors (Lipinski definition) is 2. The molecular weight excluding hydrogens is 264 g/mol. The van der Waals surface area contributed by atoms with Crippen LogP contribution in [0.2, 0.25) is 0 Å². The van der Waals surface area contributed by atoms with Crippen LogP contribution in [0, 0.1) is 0 Å². The zero-order chi connectivity index (χ0) is 14.0. The van der Waals surface area contributed by atoms with E-state index in [1.54, 1.807) is 6.92 Å². The van der Waals surface area contributed by atoms with Gasteiger partial charge in [0.05, 0.1) is 12.3 Å². The largest absolute Gasteiger partial charge is 0.351 e. The van der Waals surface area contributed by atoms with Gasteiger partial charge in [-0.15, -0.1) is 0 Å². The van der Waals surface area contributed by atoms with E-state index >= 15 is 0 Å². The van der Waals surface area contributed by atoms with E-state index in [4.69, 9.17) is 0 Å². The standard InChI is InChI=1S/C13H18N2O3S/c1-9(15-19(2,17)18)13(16)14-12-7-10-5-3-4-6-11(10)8-12/h3-6,9,12,15H,7-8H2,1-2H3,(H,14,16). The van der Waals surface area contributed by atoms with Gasteiger partial charge in [0.25, 0.3) is 0 Å². The van der Waals surface area contributed by atoms with Crippen LogP contribution in [0.4, 0.5) is 0 Å². The van der Waals surface area contributed by atoms with Gasteiger partial charge in [0, 0.05) is 6.04 Å². The normalized spacial score (nSPS) is 16.9. The van der Waals surface area contributed by atoms with Gasteiger partial charge in [0.1, 0.15) is 0 Å². The molecule has 1 unspecified atom stereocenters. The highest BCUT2D eigenvalue weighted by atomic mass is 32.2. The summed E-state index contributed by atoms with van der Waals surface area (Å²) in [6.45, 7) is 1.54. The number of carbonyl (C=O) groups excluding carboxylic acids is 1. The quantitative estimate of drug-likeness (QED) is 0.829. The Morgan fingerprint density at radius 1 is 1.26 bits per heavy atom. The third kappa shape index (κ3) is 3.78. The lowest BCUT2D eigenvalue weighted by molar-refractivity contribution is -0.123. The van der Waals surface area contributed by atoms with E-state index in [0.717, 1.165) is 19.1 Å². The molecule has 0 saturated heterocycles. The van der Waals surface area contributed by atoms with Crippen LogP contribution in [0.25, 0.3) is 0 Å². The topological polar surface area (TPSA) is 75.3 Å². The number of hydrogen-bond acceptors (Lipinski definition) is 3. The molecule has 1 aromatic rings. The maximum absolute atomic E-state index is 11.9. The van der Waals surface area contributed by atoms with Crippen molar-refractivity contribution < 1.29 is 13.2 Å². The van der Waals surface area contributed by atoms with Crippen LogP contribution in [0.1, 0.15) is 18.1 Å². The fraction of sp³-hybridized carbons (Fsp3) is 0.462. The van der Waals surface area contributed by atoms with Crippen molar-refractivity contribution in [1.29, 1.82) is 0 Å². The van der Waals surface area contributed by atoms with Gasteiger partial charge in [-0.25, -0.2) is 13.1 Å². The minimum atomic E-state index is -3.37. The first-order valence-corrected chi connectivity index (χ1v) is 8.09. The van der Waals surface area contributed by atoms with Crippen LogP contribution in [0.5, 0.6) is 0 Å². The van der Waals surface area contributed by atoms with Gasteiger partial charge in [-0.2, -0.15) is 0 Å². The van der Waals surface area contributed by atoms with E-state index in [1.165, 1.54) is 11.1 Å². The number of sulfonamides is 1. The van der Waals surface area contributed by atoms with Gasteiger partial charge in [-0.1, -0.05) is 24.3 Å². The first-order valence-electron chi connectivity index (χ1n) is 6.19. The van der Waals surface area contributed by atoms with Crippen molar-refractivity contribution in [1.82, 2.24) is 10.0 Å². The highest BCUT2D eigenvalue weighted by Gasteiger charge is 2.25. The van der Waals surface area contributed by atoms with E-state index < -0.39 is 16.1 Å². The summed E-state index contributed by atoms with van der Waals surface area (Å²) in [6.07, 6.45) is 2.64. The van der Waals surface area contributed by atoms with E-state index in [0.29, 0.717) is 0 Å². The lowest BCUT2D eigenvalue weighted by Gasteiger charge is -2.16. The molecule has 19 heavy (non-hydrogen) atoms. The number of nitrogens with one attached hydrogen (secondary N) is 2. The SMILES string of the molecule is CC(NS(C)(=O)=O)C(=O)NC1Cc2ccccc2C1. The fourth-order valence-corrected chi connectivity index (χ4v) is 3.11. The molecule has 0 heterocycles. The molecule has 1 aromatic carbocycles. The van der Waals surface area contributed by atoms with Crippen LogP contribution >= 0.6 is 0 Å². The van der Waals surface area contributed by atoms with E-state index in [-0.39, 0.29) is 11.9 Å². The molecule has 0 aromatic heterocycles. The number of amides is 1. The van der Waals surface area contributed by atoms with Crippen molar-refractivity contribution >= 4 is 15.9 Å². The Bertz CT molecular complexity index is 558. The van der Waals surface area contributed by atoms with Gasteiger partial charge in [-0.05, 0) is 30.9 Å². The molecule has 1 atom stereocenters. The van der Waals surface area contributed by atoms with Crippen molar-refractivity contribution in [3.8, 4) is 0 Å². The second kappa shape index (κ2) is 5.30. The first kappa shape index (κ1) is 14.0. The average molecular weight is 282 g/mol.